The number of aliphatic imine (C=N–C) groups is 1. The van der Waals surface area contributed by atoms with Gasteiger partial charge in [-0.25, -0.2) is 20.1 Å². The molecule has 13 heteroatoms. The molecule has 31 heavy (non-hydrogen) atoms. The Kier molecular flexibility index (Phi) is 9.06. The summed E-state index contributed by atoms with van der Waals surface area (Å²) in [6.45, 7) is 2.62. The fraction of sp³-hybridized carbons (Fsp3) is 0.611. The van der Waals surface area contributed by atoms with Crippen LogP contribution in [0.5, 0.6) is 5.88 Å². The quantitative estimate of drug-likeness (QED) is 0.201. The average molecular weight is 438 g/mol. The van der Waals surface area contributed by atoms with Crippen molar-refractivity contribution in [2.24, 2.45) is 16.5 Å². The van der Waals surface area contributed by atoms with Crippen molar-refractivity contribution >= 4 is 29.5 Å². The molecule has 0 aromatic carbocycles. The van der Waals surface area contributed by atoms with Crippen LogP contribution in [0.3, 0.4) is 0 Å². The molecule has 0 aliphatic carbocycles. The first kappa shape index (κ1) is 23.9. The smallest absolute Gasteiger partial charge is 0.416 e. The third-order valence-electron chi connectivity index (χ3n) is 4.52. The van der Waals surface area contributed by atoms with Crippen molar-refractivity contribution in [3.63, 3.8) is 0 Å². The van der Waals surface area contributed by atoms with Crippen LogP contribution >= 0.6 is 0 Å². The minimum atomic E-state index is -1.06. The highest BCUT2D eigenvalue weighted by atomic mass is 16.6. The van der Waals surface area contributed by atoms with E-state index in [2.05, 4.69) is 27.3 Å². The van der Waals surface area contributed by atoms with Crippen LogP contribution in [-0.4, -0.2) is 66.1 Å². The average Bonchev–Trinajstić information content (AvgIpc) is 3.11. The van der Waals surface area contributed by atoms with Gasteiger partial charge in [0.1, 0.15) is 19.0 Å². The number of unbranched alkanes of at least 4 members (excludes halogenated alkanes) is 2. The Morgan fingerprint density at radius 3 is 2.74 bits per heavy atom. The highest BCUT2D eigenvalue weighted by Gasteiger charge is 2.38. The fourth-order valence-corrected chi connectivity index (χ4v) is 2.99. The molecular formula is C18H30N8O5. The molecule has 172 valence electrons. The Hall–Kier alpha value is -3.35. The number of nitrogens with two attached hydrogens (primary N) is 2. The summed E-state index contributed by atoms with van der Waals surface area (Å²) in [6.07, 6.45) is 4.09. The lowest BCUT2D eigenvalue weighted by atomic mass is 10.1. The van der Waals surface area contributed by atoms with Crippen molar-refractivity contribution in [3.8, 4) is 5.88 Å². The molecule has 1 aromatic rings. The van der Waals surface area contributed by atoms with Crippen LogP contribution in [0.1, 0.15) is 39.0 Å². The highest BCUT2D eigenvalue weighted by molar-refractivity contribution is 5.96. The third kappa shape index (κ3) is 6.57. The molecule has 1 aromatic heterocycles. The van der Waals surface area contributed by atoms with E-state index in [9.17, 15) is 14.7 Å². The molecule has 6 N–H and O–H groups in total. The number of rotatable bonds is 12. The van der Waals surface area contributed by atoms with E-state index in [1.54, 1.807) is 0 Å². The number of guanidine groups is 1. The standard InChI is InChI=1S/C18H30N8O5/c1-3-4-5-9-31-18(29)25-11-26(14-13(25)15(30-2)23-10-22-14)24-12(16(27)28)7-6-8-21-17(19)20/h10,12,24H,3-9,11H2,1-2H3,(H,27,28)(H4,19,20,21)/t12-/m1/s1. The summed E-state index contributed by atoms with van der Waals surface area (Å²) in [5, 5.41) is 11.1. The molecule has 1 atom stereocenters. The van der Waals surface area contributed by atoms with E-state index in [0.29, 0.717) is 24.5 Å². The van der Waals surface area contributed by atoms with E-state index in [1.165, 1.54) is 23.3 Å². The minimum absolute atomic E-state index is 0.0192. The maximum Gasteiger partial charge on any atom is 0.416 e. The minimum Gasteiger partial charge on any atom is -0.480 e. The predicted octanol–water partition coefficient (Wildman–Crippen LogP) is 0.407. The van der Waals surface area contributed by atoms with E-state index in [0.717, 1.165) is 19.3 Å². The monoisotopic (exact) mass is 438 g/mol. The van der Waals surface area contributed by atoms with Gasteiger partial charge in [-0.3, -0.25) is 14.8 Å². The van der Waals surface area contributed by atoms with E-state index in [4.69, 9.17) is 20.9 Å². The maximum atomic E-state index is 12.7. The van der Waals surface area contributed by atoms with Gasteiger partial charge in [0, 0.05) is 6.54 Å². The summed E-state index contributed by atoms with van der Waals surface area (Å²) in [5.74, 6) is -0.620. The zero-order valence-electron chi connectivity index (χ0n) is 17.8. The number of aliphatic carboxylic acids is 1. The molecule has 1 aliphatic rings. The summed E-state index contributed by atoms with van der Waals surface area (Å²) in [7, 11) is 1.42. The van der Waals surface area contributed by atoms with Crippen molar-refractivity contribution in [1.82, 2.24) is 15.4 Å². The van der Waals surface area contributed by atoms with E-state index >= 15 is 0 Å². The first-order valence-electron chi connectivity index (χ1n) is 10.0. The number of nitrogens with one attached hydrogen (secondary N) is 1. The number of ether oxygens (including phenoxy) is 2. The van der Waals surface area contributed by atoms with Crippen molar-refractivity contribution in [2.75, 3.05) is 36.8 Å². The SMILES string of the molecule is CCCCCOC(=O)N1CN(N[C@H](CCCN=C(N)N)C(=O)O)c2ncnc(OC)c21. The number of nitrogens with zero attached hydrogens (tertiary/aromatic N) is 5. The number of methoxy groups -OCH3 is 1. The molecule has 13 nitrogen and oxygen atoms in total. The number of carboxylic acids is 1. The molecular weight excluding hydrogens is 408 g/mol. The van der Waals surface area contributed by atoms with Gasteiger partial charge in [0.2, 0.25) is 5.88 Å². The molecule has 2 heterocycles. The van der Waals surface area contributed by atoms with Crippen LogP contribution in [0.2, 0.25) is 0 Å². The van der Waals surface area contributed by atoms with Crippen LogP contribution in [-0.2, 0) is 9.53 Å². The summed E-state index contributed by atoms with van der Waals surface area (Å²) in [4.78, 5) is 37.8. The predicted molar refractivity (Wildman–Crippen MR) is 114 cm³/mol. The van der Waals surface area contributed by atoms with E-state index in [1.807, 2.05) is 0 Å². The van der Waals surface area contributed by atoms with Crippen molar-refractivity contribution in [1.29, 1.82) is 0 Å². The highest BCUT2D eigenvalue weighted by Crippen LogP contribution is 2.39. The van der Waals surface area contributed by atoms with Gasteiger partial charge in [-0.1, -0.05) is 19.8 Å². The number of aromatic nitrogens is 2. The Bertz CT molecular complexity index is 786. The number of hydrogen-bond donors (Lipinski definition) is 4. The molecule has 0 saturated heterocycles. The molecule has 0 unspecified atom stereocenters. The summed E-state index contributed by atoms with van der Waals surface area (Å²) >= 11 is 0. The first-order valence-corrected chi connectivity index (χ1v) is 10.0. The van der Waals surface area contributed by atoms with Gasteiger partial charge in [-0.2, -0.15) is 4.98 Å². The second-order valence-electron chi connectivity index (χ2n) is 6.84. The van der Waals surface area contributed by atoms with Gasteiger partial charge in [0.25, 0.3) is 0 Å². The number of carbonyl (C=O) groups is 2. The van der Waals surface area contributed by atoms with Gasteiger partial charge in [-0.15, -0.1) is 0 Å². The molecule has 0 radical (unpaired) electrons. The maximum absolute atomic E-state index is 12.7. The normalized spacial score (nSPS) is 13.5. The largest absolute Gasteiger partial charge is 0.480 e. The number of carbonyl (C=O) groups excluding carboxylic acids is 1. The Morgan fingerprint density at radius 1 is 1.32 bits per heavy atom. The van der Waals surface area contributed by atoms with Gasteiger partial charge < -0.3 is 26.0 Å². The van der Waals surface area contributed by atoms with E-state index in [-0.39, 0.29) is 31.5 Å². The summed E-state index contributed by atoms with van der Waals surface area (Å²) in [6, 6.07) is -0.955. The molecule has 0 fully saturated rings. The lowest BCUT2D eigenvalue weighted by molar-refractivity contribution is -0.139. The van der Waals surface area contributed by atoms with Crippen LogP contribution in [0, 0.1) is 0 Å². The number of amides is 1. The summed E-state index contributed by atoms with van der Waals surface area (Å²) in [5.41, 5.74) is 13.8. The third-order valence-corrected chi connectivity index (χ3v) is 4.52. The van der Waals surface area contributed by atoms with Crippen LogP contribution in [0.4, 0.5) is 16.3 Å². The lowest BCUT2D eigenvalue weighted by Gasteiger charge is -2.24. The van der Waals surface area contributed by atoms with Gasteiger partial charge in [0.05, 0.1) is 13.7 Å². The molecule has 0 bridgehead atoms. The molecule has 0 saturated carbocycles. The van der Waals surface area contributed by atoms with Gasteiger partial charge in [0.15, 0.2) is 17.5 Å². The number of anilines is 2. The van der Waals surface area contributed by atoms with E-state index < -0.39 is 18.1 Å². The fourth-order valence-electron chi connectivity index (χ4n) is 2.99. The molecule has 2 rings (SSSR count). The van der Waals surface area contributed by atoms with Crippen molar-refractivity contribution < 1.29 is 24.2 Å². The lowest BCUT2D eigenvalue weighted by Crippen LogP contribution is -2.50. The van der Waals surface area contributed by atoms with Crippen LogP contribution in [0.25, 0.3) is 0 Å². The Labute approximate surface area is 180 Å². The van der Waals surface area contributed by atoms with Crippen molar-refractivity contribution in [2.45, 2.75) is 45.1 Å². The zero-order chi connectivity index (χ0) is 22.8. The van der Waals surface area contributed by atoms with Crippen molar-refractivity contribution in [3.05, 3.63) is 6.33 Å². The van der Waals surface area contributed by atoms with Crippen LogP contribution in [0.15, 0.2) is 11.3 Å². The number of fused-ring (bicyclic) bond motifs is 1. The second-order valence-corrected chi connectivity index (χ2v) is 6.84. The van der Waals surface area contributed by atoms with Gasteiger partial charge in [-0.05, 0) is 19.3 Å². The second kappa shape index (κ2) is 11.7. The molecule has 1 amide bonds. The Morgan fingerprint density at radius 2 is 2.10 bits per heavy atom. The van der Waals surface area contributed by atoms with Gasteiger partial charge >= 0.3 is 12.1 Å². The first-order chi connectivity index (χ1) is 14.9. The number of hydrogen-bond acceptors (Lipinski definition) is 9. The topological polar surface area (TPSA) is 182 Å². The molecule has 1 aliphatic heterocycles. The zero-order valence-corrected chi connectivity index (χ0v) is 17.8. The number of carboxylic acid groups (broad SMARTS) is 1. The number of hydrazine groups is 1. The molecule has 0 spiro atoms. The van der Waals surface area contributed by atoms with Crippen LogP contribution < -0.4 is 31.5 Å². The summed E-state index contributed by atoms with van der Waals surface area (Å²) < 4.78 is 10.6. The Balaban J connectivity index is 2.14.